The number of nitrogens with zero attached hydrogens (tertiary/aromatic N) is 3. The van der Waals surface area contributed by atoms with Crippen LogP contribution in [-0.4, -0.2) is 57.9 Å². The van der Waals surface area contributed by atoms with Crippen LogP contribution in [0.3, 0.4) is 0 Å². The van der Waals surface area contributed by atoms with Gasteiger partial charge in [0, 0.05) is 38.9 Å². The van der Waals surface area contributed by atoms with Crippen LogP contribution in [0.15, 0.2) is 53.5 Å². The standard InChI is InChI=1S/C23H32N4O2/c1-4-24-23(26(2)18-20-7-11-22(28-3)12-8-20)25-17-19-5-9-21(10-6-19)27-13-15-29-16-14-27/h5-12H,4,13-18H2,1-3H3,(H,24,25). The first-order valence-electron chi connectivity index (χ1n) is 10.2. The van der Waals surface area contributed by atoms with Gasteiger partial charge < -0.3 is 24.6 Å². The Kier molecular flexibility index (Phi) is 7.76. The van der Waals surface area contributed by atoms with E-state index < -0.39 is 0 Å². The van der Waals surface area contributed by atoms with E-state index in [1.165, 1.54) is 16.8 Å². The van der Waals surface area contributed by atoms with E-state index in [1.807, 2.05) is 12.1 Å². The molecule has 2 aromatic carbocycles. The quantitative estimate of drug-likeness (QED) is 0.576. The fourth-order valence-corrected chi connectivity index (χ4v) is 3.35. The molecule has 1 heterocycles. The summed E-state index contributed by atoms with van der Waals surface area (Å²) in [5.74, 6) is 1.78. The summed E-state index contributed by atoms with van der Waals surface area (Å²) in [6.45, 7) is 7.88. The van der Waals surface area contributed by atoms with Gasteiger partial charge in [0.2, 0.25) is 0 Å². The maximum atomic E-state index is 5.43. The molecule has 6 heteroatoms. The van der Waals surface area contributed by atoms with E-state index in [9.17, 15) is 0 Å². The molecule has 0 saturated carbocycles. The number of nitrogens with one attached hydrogen (secondary N) is 1. The van der Waals surface area contributed by atoms with Crippen molar-refractivity contribution in [1.29, 1.82) is 0 Å². The first-order valence-corrected chi connectivity index (χ1v) is 10.2. The first kappa shape index (κ1) is 21.0. The van der Waals surface area contributed by atoms with Crippen LogP contribution in [0.4, 0.5) is 5.69 Å². The average Bonchev–Trinajstić information content (AvgIpc) is 2.78. The van der Waals surface area contributed by atoms with Crippen molar-refractivity contribution in [3.8, 4) is 5.75 Å². The van der Waals surface area contributed by atoms with Crippen LogP contribution in [-0.2, 0) is 17.8 Å². The van der Waals surface area contributed by atoms with Crippen LogP contribution in [0.2, 0.25) is 0 Å². The van der Waals surface area contributed by atoms with Gasteiger partial charge in [-0.25, -0.2) is 4.99 Å². The van der Waals surface area contributed by atoms with Gasteiger partial charge in [-0.3, -0.25) is 0 Å². The van der Waals surface area contributed by atoms with Crippen molar-refractivity contribution >= 4 is 11.6 Å². The lowest BCUT2D eigenvalue weighted by molar-refractivity contribution is 0.122. The Morgan fingerprint density at radius 3 is 2.34 bits per heavy atom. The smallest absolute Gasteiger partial charge is 0.194 e. The minimum Gasteiger partial charge on any atom is -0.497 e. The third-order valence-corrected chi connectivity index (χ3v) is 5.00. The zero-order valence-corrected chi connectivity index (χ0v) is 17.7. The van der Waals surface area contributed by atoms with Crippen LogP contribution in [0.1, 0.15) is 18.1 Å². The largest absolute Gasteiger partial charge is 0.497 e. The minimum absolute atomic E-state index is 0.651. The van der Waals surface area contributed by atoms with Gasteiger partial charge >= 0.3 is 0 Å². The second-order valence-electron chi connectivity index (χ2n) is 7.14. The molecule has 1 aliphatic heterocycles. The Morgan fingerprint density at radius 1 is 1.07 bits per heavy atom. The summed E-state index contributed by atoms with van der Waals surface area (Å²) in [5, 5.41) is 3.39. The number of rotatable bonds is 7. The van der Waals surface area contributed by atoms with Gasteiger partial charge in [0.1, 0.15) is 5.75 Å². The highest BCUT2D eigenvalue weighted by molar-refractivity contribution is 5.79. The Balaban J connectivity index is 1.61. The normalized spacial score (nSPS) is 14.6. The molecule has 0 bridgehead atoms. The monoisotopic (exact) mass is 396 g/mol. The van der Waals surface area contributed by atoms with Crippen LogP contribution >= 0.6 is 0 Å². The molecule has 3 rings (SSSR count). The molecule has 0 atom stereocenters. The number of hydrogen-bond acceptors (Lipinski definition) is 4. The molecule has 0 spiro atoms. The van der Waals surface area contributed by atoms with Gasteiger partial charge in [0.25, 0.3) is 0 Å². The summed E-state index contributed by atoms with van der Waals surface area (Å²) in [7, 11) is 3.75. The lowest BCUT2D eigenvalue weighted by Crippen LogP contribution is -2.38. The van der Waals surface area contributed by atoms with Crippen molar-refractivity contribution in [1.82, 2.24) is 10.2 Å². The lowest BCUT2D eigenvalue weighted by Gasteiger charge is -2.28. The van der Waals surface area contributed by atoms with Gasteiger partial charge in [0.15, 0.2) is 5.96 Å². The van der Waals surface area contributed by atoms with Crippen molar-refractivity contribution < 1.29 is 9.47 Å². The Morgan fingerprint density at radius 2 is 1.72 bits per heavy atom. The van der Waals surface area contributed by atoms with E-state index >= 15 is 0 Å². The van der Waals surface area contributed by atoms with Crippen molar-refractivity contribution in [2.24, 2.45) is 4.99 Å². The van der Waals surface area contributed by atoms with Gasteiger partial charge in [0.05, 0.1) is 26.9 Å². The van der Waals surface area contributed by atoms with Crippen LogP contribution in [0.5, 0.6) is 5.75 Å². The molecule has 1 aliphatic rings. The molecule has 1 N–H and O–H groups in total. The minimum atomic E-state index is 0.651. The van der Waals surface area contributed by atoms with E-state index in [1.54, 1.807) is 7.11 Å². The molecule has 156 valence electrons. The zero-order valence-electron chi connectivity index (χ0n) is 17.7. The summed E-state index contributed by atoms with van der Waals surface area (Å²) in [6.07, 6.45) is 0. The topological polar surface area (TPSA) is 49.3 Å². The number of anilines is 1. The van der Waals surface area contributed by atoms with Crippen LogP contribution in [0, 0.1) is 0 Å². The predicted molar refractivity (Wildman–Crippen MR) is 119 cm³/mol. The highest BCUT2D eigenvalue weighted by Gasteiger charge is 2.11. The second kappa shape index (κ2) is 10.7. The molecular formula is C23H32N4O2. The molecule has 29 heavy (non-hydrogen) atoms. The van der Waals surface area contributed by atoms with Crippen LogP contribution in [0.25, 0.3) is 0 Å². The fraction of sp³-hybridized carbons (Fsp3) is 0.435. The Bertz CT molecular complexity index is 768. The zero-order chi connectivity index (χ0) is 20.5. The van der Waals surface area contributed by atoms with E-state index in [4.69, 9.17) is 14.5 Å². The van der Waals surface area contributed by atoms with Crippen molar-refractivity contribution in [3.63, 3.8) is 0 Å². The van der Waals surface area contributed by atoms with E-state index in [0.29, 0.717) is 6.54 Å². The molecule has 0 aliphatic carbocycles. The lowest BCUT2D eigenvalue weighted by atomic mass is 10.2. The summed E-state index contributed by atoms with van der Waals surface area (Å²) in [6, 6.07) is 16.9. The summed E-state index contributed by atoms with van der Waals surface area (Å²) >= 11 is 0. The maximum Gasteiger partial charge on any atom is 0.194 e. The number of hydrogen-bond donors (Lipinski definition) is 1. The number of morpholine rings is 1. The molecule has 0 amide bonds. The summed E-state index contributed by atoms with van der Waals surface area (Å²) < 4.78 is 10.7. The van der Waals surface area contributed by atoms with E-state index in [0.717, 1.165) is 51.1 Å². The van der Waals surface area contributed by atoms with Gasteiger partial charge in [-0.05, 0) is 42.3 Å². The van der Waals surface area contributed by atoms with Gasteiger partial charge in [-0.15, -0.1) is 0 Å². The second-order valence-corrected chi connectivity index (χ2v) is 7.14. The predicted octanol–water partition coefficient (Wildman–Crippen LogP) is 3.13. The van der Waals surface area contributed by atoms with Crippen LogP contribution < -0.4 is 15.0 Å². The molecular weight excluding hydrogens is 364 g/mol. The molecule has 0 unspecified atom stereocenters. The van der Waals surface area contributed by atoms with Crippen molar-refractivity contribution in [2.75, 3.05) is 51.9 Å². The van der Waals surface area contributed by atoms with Gasteiger partial charge in [-0.2, -0.15) is 0 Å². The highest BCUT2D eigenvalue weighted by atomic mass is 16.5. The molecule has 6 nitrogen and oxygen atoms in total. The third kappa shape index (κ3) is 6.12. The number of ether oxygens (including phenoxy) is 2. The molecule has 1 fully saturated rings. The third-order valence-electron chi connectivity index (χ3n) is 5.00. The highest BCUT2D eigenvalue weighted by Crippen LogP contribution is 2.17. The molecule has 0 aromatic heterocycles. The average molecular weight is 397 g/mol. The van der Waals surface area contributed by atoms with E-state index in [-0.39, 0.29) is 0 Å². The maximum absolute atomic E-state index is 5.43. The van der Waals surface area contributed by atoms with Gasteiger partial charge in [-0.1, -0.05) is 24.3 Å². The number of benzene rings is 2. The first-order chi connectivity index (χ1) is 14.2. The summed E-state index contributed by atoms with van der Waals surface area (Å²) in [4.78, 5) is 9.34. The Labute approximate surface area is 174 Å². The summed E-state index contributed by atoms with van der Waals surface area (Å²) in [5.41, 5.74) is 3.67. The van der Waals surface area contributed by atoms with Crippen molar-refractivity contribution in [2.45, 2.75) is 20.0 Å². The van der Waals surface area contributed by atoms with Crippen molar-refractivity contribution in [3.05, 3.63) is 59.7 Å². The van der Waals surface area contributed by atoms with E-state index in [2.05, 4.69) is 65.5 Å². The number of aliphatic imine (C=N–C) groups is 1. The number of methoxy groups -OCH3 is 1. The molecule has 2 aromatic rings. The molecule has 1 saturated heterocycles. The Hall–Kier alpha value is -2.73. The number of guanidine groups is 1. The fourth-order valence-electron chi connectivity index (χ4n) is 3.35. The SMILES string of the molecule is CCNC(=NCc1ccc(N2CCOCC2)cc1)N(C)Cc1ccc(OC)cc1. The molecule has 0 radical (unpaired) electrons.